The fourth-order valence-corrected chi connectivity index (χ4v) is 3.30. The highest BCUT2D eigenvalue weighted by atomic mass is 16.2. The van der Waals surface area contributed by atoms with Crippen molar-refractivity contribution in [3.8, 4) is 0 Å². The first-order chi connectivity index (χ1) is 11.1. The Hall–Kier alpha value is -2.35. The highest BCUT2D eigenvalue weighted by Crippen LogP contribution is 2.35. The van der Waals surface area contributed by atoms with E-state index in [9.17, 15) is 4.79 Å². The molecule has 0 unspecified atom stereocenters. The average molecular weight is 305 g/mol. The van der Waals surface area contributed by atoms with E-state index >= 15 is 0 Å². The van der Waals surface area contributed by atoms with Gasteiger partial charge in [0.1, 0.15) is 0 Å². The number of benzene rings is 2. The molecule has 0 aromatic heterocycles. The van der Waals surface area contributed by atoms with E-state index in [1.54, 1.807) is 0 Å². The van der Waals surface area contributed by atoms with E-state index in [0.717, 1.165) is 0 Å². The molecule has 0 saturated carbocycles. The third kappa shape index (κ3) is 3.07. The Morgan fingerprint density at radius 2 is 1.96 bits per heavy atom. The number of rotatable bonds is 3. The predicted octanol–water partition coefficient (Wildman–Crippen LogP) is 4.47. The predicted molar refractivity (Wildman–Crippen MR) is 94.4 cm³/mol. The van der Waals surface area contributed by atoms with E-state index in [1.165, 1.54) is 28.3 Å². The van der Waals surface area contributed by atoms with Crippen LogP contribution in [-0.2, 0) is 11.3 Å². The Balaban J connectivity index is 2.08. The van der Waals surface area contributed by atoms with E-state index in [-0.39, 0.29) is 11.8 Å². The van der Waals surface area contributed by atoms with Gasteiger partial charge in [0.25, 0.3) is 0 Å². The van der Waals surface area contributed by atoms with E-state index < -0.39 is 0 Å². The Labute approximate surface area is 138 Å². The minimum atomic E-state index is 0.00418. The minimum Gasteiger partial charge on any atom is -0.334 e. The topological polar surface area (TPSA) is 20.3 Å². The van der Waals surface area contributed by atoms with E-state index in [2.05, 4.69) is 62.9 Å². The smallest absolute Gasteiger partial charge is 0.246 e. The van der Waals surface area contributed by atoms with Crippen molar-refractivity contribution < 1.29 is 4.79 Å². The maximum absolute atomic E-state index is 12.1. The highest BCUT2D eigenvalue weighted by Gasteiger charge is 2.28. The SMILES string of the molecule is C=CC(=O)N1Cc2ccc(C(C)C)cc2[C@H](c2ccccc2)C1. The molecule has 118 valence electrons. The molecule has 1 amide bonds. The van der Waals surface area contributed by atoms with Gasteiger partial charge in [-0.1, -0.05) is 69.0 Å². The second-order valence-electron chi connectivity index (χ2n) is 6.50. The van der Waals surface area contributed by atoms with Crippen molar-refractivity contribution in [1.82, 2.24) is 4.90 Å². The summed E-state index contributed by atoms with van der Waals surface area (Å²) < 4.78 is 0. The molecule has 0 saturated heterocycles. The number of fused-ring (bicyclic) bond motifs is 1. The second-order valence-corrected chi connectivity index (χ2v) is 6.50. The monoisotopic (exact) mass is 305 g/mol. The first kappa shape index (κ1) is 15.5. The summed E-state index contributed by atoms with van der Waals surface area (Å²) in [5, 5.41) is 0. The Bertz CT molecular complexity index is 718. The molecule has 0 spiro atoms. The molecular formula is C21H23NO. The first-order valence-corrected chi connectivity index (χ1v) is 8.19. The molecule has 0 bridgehead atoms. The van der Waals surface area contributed by atoms with Crippen LogP contribution in [0.4, 0.5) is 0 Å². The first-order valence-electron chi connectivity index (χ1n) is 8.19. The zero-order valence-electron chi connectivity index (χ0n) is 13.8. The molecule has 23 heavy (non-hydrogen) atoms. The van der Waals surface area contributed by atoms with Crippen molar-refractivity contribution in [3.63, 3.8) is 0 Å². The fraction of sp³-hybridized carbons (Fsp3) is 0.286. The van der Waals surface area contributed by atoms with Gasteiger partial charge in [0, 0.05) is 19.0 Å². The largest absolute Gasteiger partial charge is 0.334 e. The zero-order chi connectivity index (χ0) is 16.4. The van der Waals surface area contributed by atoms with Gasteiger partial charge in [-0.2, -0.15) is 0 Å². The molecular weight excluding hydrogens is 282 g/mol. The summed E-state index contributed by atoms with van der Waals surface area (Å²) in [6, 6.07) is 17.2. The Kier molecular flexibility index (Phi) is 4.33. The van der Waals surface area contributed by atoms with Gasteiger partial charge in [-0.3, -0.25) is 4.79 Å². The molecule has 1 aliphatic rings. The summed E-state index contributed by atoms with van der Waals surface area (Å²) in [6.07, 6.45) is 1.41. The molecule has 0 N–H and O–H groups in total. The number of carbonyl (C=O) groups is 1. The number of amides is 1. The molecule has 2 heteroatoms. The lowest BCUT2D eigenvalue weighted by molar-refractivity contribution is -0.127. The van der Waals surface area contributed by atoms with Gasteiger partial charge in [0.05, 0.1) is 0 Å². The van der Waals surface area contributed by atoms with Crippen LogP contribution in [0.2, 0.25) is 0 Å². The lowest BCUT2D eigenvalue weighted by Gasteiger charge is -2.35. The Morgan fingerprint density at radius 1 is 1.22 bits per heavy atom. The van der Waals surface area contributed by atoms with Crippen LogP contribution in [0.15, 0.2) is 61.2 Å². The summed E-state index contributed by atoms with van der Waals surface area (Å²) in [4.78, 5) is 14.0. The molecule has 2 aromatic carbocycles. The molecule has 1 heterocycles. The van der Waals surface area contributed by atoms with Crippen LogP contribution in [-0.4, -0.2) is 17.4 Å². The summed E-state index contributed by atoms with van der Waals surface area (Å²) in [6.45, 7) is 9.45. The number of nitrogens with zero attached hydrogens (tertiary/aromatic N) is 1. The van der Waals surface area contributed by atoms with Crippen LogP contribution in [0.3, 0.4) is 0 Å². The van der Waals surface area contributed by atoms with Gasteiger partial charge < -0.3 is 4.90 Å². The van der Waals surface area contributed by atoms with Crippen LogP contribution in [0, 0.1) is 0 Å². The van der Waals surface area contributed by atoms with Crippen LogP contribution >= 0.6 is 0 Å². The molecule has 0 fully saturated rings. The van der Waals surface area contributed by atoms with Crippen molar-refractivity contribution in [3.05, 3.63) is 83.4 Å². The molecule has 3 rings (SSSR count). The number of carbonyl (C=O) groups excluding carboxylic acids is 1. The van der Waals surface area contributed by atoms with Crippen LogP contribution in [0.25, 0.3) is 0 Å². The van der Waals surface area contributed by atoms with Crippen molar-refractivity contribution in [2.24, 2.45) is 0 Å². The van der Waals surface area contributed by atoms with Crippen molar-refractivity contribution in [2.45, 2.75) is 32.2 Å². The van der Waals surface area contributed by atoms with E-state index in [4.69, 9.17) is 0 Å². The fourth-order valence-electron chi connectivity index (χ4n) is 3.30. The van der Waals surface area contributed by atoms with Crippen molar-refractivity contribution in [2.75, 3.05) is 6.54 Å². The molecule has 2 nitrogen and oxygen atoms in total. The van der Waals surface area contributed by atoms with E-state index in [0.29, 0.717) is 19.0 Å². The summed E-state index contributed by atoms with van der Waals surface area (Å²) in [5.74, 6) is 0.733. The average Bonchev–Trinajstić information content (AvgIpc) is 2.60. The standard InChI is InChI=1S/C21H23NO/c1-4-21(23)22-13-18-11-10-17(15(2)3)12-19(18)20(14-22)16-8-6-5-7-9-16/h4-12,15,20H,1,13-14H2,2-3H3/t20-/m0/s1. The normalized spacial score (nSPS) is 17.0. The third-order valence-corrected chi connectivity index (χ3v) is 4.66. The summed E-state index contributed by atoms with van der Waals surface area (Å²) >= 11 is 0. The van der Waals surface area contributed by atoms with Crippen molar-refractivity contribution in [1.29, 1.82) is 0 Å². The van der Waals surface area contributed by atoms with E-state index in [1.807, 2.05) is 11.0 Å². The highest BCUT2D eigenvalue weighted by molar-refractivity contribution is 5.87. The van der Waals surface area contributed by atoms with Gasteiger partial charge in [-0.25, -0.2) is 0 Å². The summed E-state index contributed by atoms with van der Waals surface area (Å²) in [7, 11) is 0. The third-order valence-electron chi connectivity index (χ3n) is 4.66. The van der Waals surface area contributed by atoms with Crippen LogP contribution in [0.5, 0.6) is 0 Å². The second kappa shape index (κ2) is 6.41. The Morgan fingerprint density at radius 3 is 2.61 bits per heavy atom. The molecule has 1 aliphatic heterocycles. The molecule has 1 atom stereocenters. The molecule has 0 radical (unpaired) electrons. The lowest BCUT2D eigenvalue weighted by Crippen LogP contribution is -2.37. The zero-order valence-corrected chi connectivity index (χ0v) is 13.8. The molecule has 2 aromatic rings. The number of hydrogen-bond donors (Lipinski definition) is 0. The minimum absolute atomic E-state index is 0.00418. The van der Waals surface area contributed by atoms with Gasteiger partial charge in [0.15, 0.2) is 0 Å². The van der Waals surface area contributed by atoms with Gasteiger partial charge >= 0.3 is 0 Å². The molecule has 0 aliphatic carbocycles. The van der Waals surface area contributed by atoms with Gasteiger partial charge in [0.2, 0.25) is 5.91 Å². The van der Waals surface area contributed by atoms with Crippen LogP contribution < -0.4 is 0 Å². The number of hydrogen-bond acceptors (Lipinski definition) is 1. The van der Waals surface area contributed by atoms with Crippen molar-refractivity contribution >= 4 is 5.91 Å². The maximum atomic E-state index is 12.1. The van der Waals surface area contributed by atoms with Crippen LogP contribution in [0.1, 0.15) is 47.9 Å². The van der Waals surface area contributed by atoms with Gasteiger partial charge in [-0.05, 0) is 34.2 Å². The summed E-state index contributed by atoms with van der Waals surface area (Å²) in [5.41, 5.74) is 5.21. The maximum Gasteiger partial charge on any atom is 0.246 e. The lowest BCUT2D eigenvalue weighted by atomic mass is 9.82. The van der Waals surface area contributed by atoms with Gasteiger partial charge in [-0.15, -0.1) is 0 Å². The quantitative estimate of drug-likeness (QED) is 0.766.